The van der Waals surface area contributed by atoms with Crippen LogP contribution in [0.5, 0.6) is 5.75 Å². The van der Waals surface area contributed by atoms with E-state index in [4.69, 9.17) is 4.74 Å². The number of hydrogen-bond donors (Lipinski definition) is 2. The van der Waals surface area contributed by atoms with Gasteiger partial charge in [0.1, 0.15) is 5.75 Å². The van der Waals surface area contributed by atoms with Crippen molar-refractivity contribution in [2.75, 3.05) is 54.4 Å². The lowest BCUT2D eigenvalue weighted by Crippen LogP contribution is -2.55. The van der Waals surface area contributed by atoms with Crippen molar-refractivity contribution < 1.29 is 4.74 Å². The highest BCUT2D eigenvalue weighted by atomic mass is 16.5. The van der Waals surface area contributed by atoms with E-state index < -0.39 is 0 Å². The molecule has 0 saturated carbocycles. The van der Waals surface area contributed by atoms with Crippen molar-refractivity contribution in [2.45, 2.75) is 12.6 Å². The van der Waals surface area contributed by atoms with E-state index in [1.165, 1.54) is 0 Å². The van der Waals surface area contributed by atoms with E-state index in [1.807, 2.05) is 18.2 Å². The van der Waals surface area contributed by atoms with Crippen LogP contribution in [-0.2, 0) is 6.54 Å². The summed E-state index contributed by atoms with van der Waals surface area (Å²) in [7, 11) is 7.86. The maximum atomic E-state index is 5.38. The first-order valence-electron chi connectivity index (χ1n) is 8.09. The molecule has 1 heterocycles. The molecule has 1 aromatic carbocycles. The highest BCUT2D eigenvalue weighted by Gasteiger charge is 2.22. The van der Waals surface area contributed by atoms with E-state index in [9.17, 15) is 0 Å². The predicted molar refractivity (Wildman–Crippen MR) is 95.1 cm³/mol. The van der Waals surface area contributed by atoms with Crippen molar-refractivity contribution in [1.82, 2.24) is 20.4 Å². The molecule has 128 valence electrons. The van der Waals surface area contributed by atoms with E-state index in [0.717, 1.165) is 43.5 Å². The number of nitrogens with one attached hydrogen (secondary N) is 2. The Kier molecular flexibility index (Phi) is 6.67. The van der Waals surface area contributed by atoms with Gasteiger partial charge in [0.25, 0.3) is 0 Å². The Balaban J connectivity index is 1.84. The van der Waals surface area contributed by atoms with Gasteiger partial charge in [-0.25, -0.2) is 0 Å². The summed E-state index contributed by atoms with van der Waals surface area (Å²) in [6, 6.07) is 8.52. The maximum absolute atomic E-state index is 5.38. The van der Waals surface area contributed by atoms with Gasteiger partial charge in [-0.15, -0.1) is 0 Å². The van der Waals surface area contributed by atoms with E-state index in [0.29, 0.717) is 12.6 Å². The number of methoxy groups -OCH3 is 1. The number of piperazine rings is 1. The van der Waals surface area contributed by atoms with Crippen molar-refractivity contribution in [2.24, 2.45) is 4.99 Å². The smallest absolute Gasteiger partial charge is 0.191 e. The monoisotopic (exact) mass is 319 g/mol. The molecule has 1 saturated heterocycles. The highest BCUT2D eigenvalue weighted by Crippen LogP contribution is 2.16. The Bertz CT molecular complexity index is 519. The second-order valence-electron chi connectivity index (χ2n) is 6.02. The first-order valence-corrected chi connectivity index (χ1v) is 8.09. The number of aliphatic imine (C=N–C) groups is 1. The number of guanidine groups is 1. The number of para-hydroxylation sites is 1. The molecule has 0 aromatic heterocycles. The zero-order valence-corrected chi connectivity index (χ0v) is 14.7. The first kappa shape index (κ1) is 17.6. The minimum atomic E-state index is 0.499. The van der Waals surface area contributed by atoms with E-state index in [1.54, 1.807) is 14.2 Å². The largest absolute Gasteiger partial charge is 0.496 e. The lowest BCUT2D eigenvalue weighted by molar-refractivity contribution is 0.116. The number of nitrogens with zero attached hydrogens (tertiary/aromatic N) is 3. The molecule has 0 spiro atoms. The molecular weight excluding hydrogens is 290 g/mol. The second-order valence-corrected chi connectivity index (χ2v) is 6.02. The molecule has 2 rings (SSSR count). The van der Waals surface area contributed by atoms with Crippen LogP contribution in [0.1, 0.15) is 5.56 Å². The standard InChI is InChI=1S/C17H29N5O/c1-18-17(19-11-14-7-5-6-8-16(14)23-4)20-12-15-13-21(2)9-10-22(15)3/h5-8,15H,9-13H2,1-4H3,(H2,18,19,20). The van der Waals surface area contributed by atoms with Gasteiger partial charge < -0.3 is 20.3 Å². The molecule has 0 bridgehead atoms. The summed E-state index contributed by atoms with van der Waals surface area (Å²) in [5.74, 6) is 1.71. The fraction of sp³-hybridized carbons (Fsp3) is 0.588. The van der Waals surface area contributed by atoms with Crippen LogP contribution in [0.4, 0.5) is 0 Å². The minimum Gasteiger partial charge on any atom is -0.496 e. The molecule has 23 heavy (non-hydrogen) atoms. The van der Waals surface area contributed by atoms with Crippen molar-refractivity contribution in [1.29, 1.82) is 0 Å². The minimum absolute atomic E-state index is 0.499. The van der Waals surface area contributed by atoms with Gasteiger partial charge in [-0.3, -0.25) is 9.89 Å². The maximum Gasteiger partial charge on any atom is 0.191 e. The highest BCUT2D eigenvalue weighted by molar-refractivity contribution is 5.79. The third-order valence-electron chi connectivity index (χ3n) is 4.35. The average molecular weight is 319 g/mol. The number of hydrogen-bond acceptors (Lipinski definition) is 4. The lowest BCUT2D eigenvalue weighted by Gasteiger charge is -2.37. The molecule has 0 radical (unpaired) electrons. The van der Waals surface area contributed by atoms with Crippen LogP contribution < -0.4 is 15.4 Å². The van der Waals surface area contributed by atoms with Crippen molar-refractivity contribution in [3.05, 3.63) is 29.8 Å². The molecular formula is C17H29N5O. The van der Waals surface area contributed by atoms with Crippen LogP contribution in [0, 0.1) is 0 Å². The zero-order chi connectivity index (χ0) is 16.7. The van der Waals surface area contributed by atoms with Crippen molar-refractivity contribution in [3.8, 4) is 5.75 Å². The molecule has 2 N–H and O–H groups in total. The molecule has 1 aliphatic rings. The fourth-order valence-corrected chi connectivity index (χ4v) is 2.78. The summed E-state index contributed by atoms with van der Waals surface area (Å²) < 4.78 is 5.38. The summed E-state index contributed by atoms with van der Waals surface area (Å²) in [6.45, 7) is 4.88. The lowest BCUT2D eigenvalue weighted by atomic mass is 10.2. The fourth-order valence-electron chi connectivity index (χ4n) is 2.78. The van der Waals surface area contributed by atoms with Crippen LogP contribution in [0.15, 0.2) is 29.3 Å². The topological polar surface area (TPSA) is 52.1 Å². The normalized spacial score (nSPS) is 20.3. The van der Waals surface area contributed by atoms with Crippen molar-refractivity contribution in [3.63, 3.8) is 0 Å². The van der Waals surface area contributed by atoms with Crippen LogP contribution in [0.2, 0.25) is 0 Å². The molecule has 1 unspecified atom stereocenters. The zero-order valence-electron chi connectivity index (χ0n) is 14.7. The Hall–Kier alpha value is -1.79. The summed E-state index contributed by atoms with van der Waals surface area (Å²) >= 11 is 0. The summed E-state index contributed by atoms with van der Waals surface area (Å²) in [4.78, 5) is 9.08. The molecule has 6 nitrogen and oxygen atoms in total. The van der Waals surface area contributed by atoms with Crippen LogP contribution >= 0.6 is 0 Å². The Labute approximate surface area is 139 Å². The van der Waals surface area contributed by atoms with Crippen LogP contribution in [0.25, 0.3) is 0 Å². The molecule has 1 aromatic rings. The summed E-state index contributed by atoms with van der Waals surface area (Å²) in [6.07, 6.45) is 0. The number of ether oxygens (including phenoxy) is 1. The third-order valence-corrected chi connectivity index (χ3v) is 4.35. The Morgan fingerprint density at radius 2 is 2.04 bits per heavy atom. The van der Waals surface area contributed by atoms with Gasteiger partial charge in [-0.05, 0) is 20.2 Å². The van der Waals surface area contributed by atoms with Gasteiger partial charge in [-0.1, -0.05) is 18.2 Å². The van der Waals surface area contributed by atoms with E-state index in [2.05, 4.69) is 45.6 Å². The second kappa shape index (κ2) is 8.74. The van der Waals surface area contributed by atoms with E-state index >= 15 is 0 Å². The molecule has 0 aliphatic carbocycles. The molecule has 1 atom stereocenters. The summed E-state index contributed by atoms with van der Waals surface area (Å²) in [5, 5.41) is 6.78. The number of benzene rings is 1. The van der Waals surface area contributed by atoms with Gasteiger partial charge in [0.15, 0.2) is 5.96 Å². The molecule has 1 aliphatic heterocycles. The quantitative estimate of drug-likeness (QED) is 0.615. The Morgan fingerprint density at radius 1 is 1.26 bits per heavy atom. The van der Waals surface area contributed by atoms with Gasteiger partial charge in [0.2, 0.25) is 0 Å². The number of rotatable bonds is 5. The SMILES string of the molecule is CN=C(NCc1ccccc1OC)NCC1CN(C)CCN1C. The molecule has 1 fully saturated rings. The first-order chi connectivity index (χ1) is 11.1. The van der Waals surface area contributed by atoms with Gasteiger partial charge in [0.05, 0.1) is 7.11 Å². The Morgan fingerprint density at radius 3 is 2.78 bits per heavy atom. The molecule has 6 heteroatoms. The van der Waals surface area contributed by atoms with Gasteiger partial charge >= 0.3 is 0 Å². The average Bonchev–Trinajstić information content (AvgIpc) is 2.58. The van der Waals surface area contributed by atoms with E-state index in [-0.39, 0.29) is 0 Å². The number of likely N-dealkylation sites (N-methyl/N-ethyl adjacent to an activating group) is 2. The predicted octanol–water partition coefficient (Wildman–Crippen LogP) is 0.606. The van der Waals surface area contributed by atoms with Crippen LogP contribution in [0.3, 0.4) is 0 Å². The van der Waals surface area contributed by atoms with Crippen LogP contribution in [-0.4, -0.2) is 76.2 Å². The molecule has 0 amide bonds. The third kappa shape index (κ3) is 5.11. The summed E-state index contributed by atoms with van der Waals surface area (Å²) in [5.41, 5.74) is 1.12. The van der Waals surface area contributed by atoms with Gasteiger partial charge in [0, 0.05) is 51.4 Å². The van der Waals surface area contributed by atoms with Crippen molar-refractivity contribution >= 4 is 5.96 Å². The van der Waals surface area contributed by atoms with Gasteiger partial charge in [-0.2, -0.15) is 0 Å².